The third-order valence-electron chi connectivity index (χ3n) is 3.51. The predicted octanol–water partition coefficient (Wildman–Crippen LogP) is 1.67. The average Bonchev–Trinajstić information content (AvgIpc) is 2.33. The smallest absolute Gasteiger partial charge is 0.0720 e. The van der Waals surface area contributed by atoms with Gasteiger partial charge in [-0.05, 0) is 24.9 Å². The molecule has 0 aromatic heterocycles. The molecule has 0 radical (unpaired) electrons. The van der Waals surface area contributed by atoms with E-state index in [4.69, 9.17) is 10.5 Å². The molecule has 0 bridgehead atoms. The Morgan fingerprint density at radius 3 is 2.65 bits per heavy atom. The summed E-state index contributed by atoms with van der Waals surface area (Å²) in [5.41, 5.74) is 7.18. The molecule has 3 N–H and O–H groups in total. The predicted molar refractivity (Wildman–Crippen MR) is 69.7 cm³/mol. The van der Waals surface area contributed by atoms with E-state index >= 15 is 0 Å². The van der Waals surface area contributed by atoms with E-state index in [1.54, 1.807) is 0 Å². The Morgan fingerprint density at radius 1 is 1.35 bits per heavy atom. The van der Waals surface area contributed by atoms with Crippen LogP contribution in [-0.4, -0.2) is 24.7 Å². The molecule has 1 aromatic rings. The molecule has 3 heteroatoms. The minimum absolute atomic E-state index is 0.135. The summed E-state index contributed by atoms with van der Waals surface area (Å²) in [6.07, 6.45) is 2.42. The summed E-state index contributed by atoms with van der Waals surface area (Å²) in [4.78, 5) is 0. The van der Waals surface area contributed by atoms with Crippen LogP contribution in [0.5, 0.6) is 0 Å². The van der Waals surface area contributed by atoms with Crippen molar-refractivity contribution in [3.8, 4) is 0 Å². The Bertz CT molecular complexity index is 333. The number of hydrogen-bond donors (Lipinski definition) is 2. The normalized spacial score (nSPS) is 27.8. The third kappa shape index (κ3) is 3.06. The molecule has 0 saturated heterocycles. The van der Waals surface area contributed by atoms with Crippen molar-refractivity contribution >= 4 is 0 Å². The van der Waals surface area contributed by atoms with E-state index in [-0.39, 0.29) is 5.54 Å². The number of nitrogens with two attached hydrogens (primary N) is 1. The Kier molecular flexibility index (Phi) is 4.15. The zero-order valence-electron chi connectivity index (χ0n) is 10.5. The summed E-state index contributed by atoms with van der Waals surface area (Å²) >= 11 is 0. The molecule has 0 unspecified atom stereocenters. The summed E-state index contributed by atoms with van der Waals surface area (Å²) in [6.45, 7) is 4.50. The van der Waals surface area contributed by atoms with Gasteiger partial charge in [-0.15, -0.1) is 0 Å². The molecule has 0 atom stereocenters. The van der Waals surface area contributed by atoms with Crippen molar-refractivity contribution in [1.82, 2.24) is 5.32 Å². The van der Waals surface area contributed by atoms with E-state index in [1.807, 2.05) is 18.2 Å². The van der Waals surface area contributed by atoms with Crippen LogP contribution >= 0.6 is 0 Å². The topological polar surface area (TPSA) is 47.3 Å². The molecule has 1 aromatic carbocycles. The number of likely N-dealkylation sites (N-methyl/N-ethyl adjacent to an activating group) is 1. The maximum absolute atomic E-state index is 5.87. The van der Waals surface area contributed by atoms with E-state index in [0.29, 0.717) is 19.3 Å². The van der Waals surface area contributed by atoms with Crippen LogP contribution in [-0.2, 0) is 11.3 Å². The first kappa shape index (κ1) is 12.6. The summed E-state index contributed by atoms with van der Waals surface area (Å²) in [5.74, 6) is 0. The Morgan fingerprint density at radius 2 is 2.06 bits per heavy atom. The number of benzene rings is 1. The first-order valence-electron chi connectivity index (χ1n) is 6.38. The zero-order valence-corrected chi connectivity index (χ0v) is 10.5. The SMILES string of the molecule is CCNC1(CN)CC(OCc2ccccc2)C1. The summed E-state index contributed by atoms with van der Waals surface area (Å²) in [5, 5.41) is 3.47. The highest BCUT2D eigenvalue weighted by atomic mass is 16.5. The summed E-state index contributed by atoms with van der Waals surface area (Å²) in [6, 6.07) is 10.3. The minimum Gasteiger partial charge on any atom is -0.373 e. The quantitative estimate of drug-likeness (QED) is 0.787. The molecule has 1 aliphatic rings. The fourth-order valence-electron chi connectivity index (χ4n) is 2.48. The van der Waals surface area contributed by atoms with Crippen LogP contribution in [0.3, 0.4) is 0 Å². The number of ether oxygens (including phenoxy) is 1. The van der Waals surface area contributed by atoms with Crippen molar-refractivity contribution in [3.05, 3.63) is 35.9 Å². The van der Waals surface area contributed by atoms with Gasteiger partial charge in [-0.2, -0.15) is 0 Å². The van der Waals surface area contributed by atoms with E-state index in [9.17, 15) is 0 Å². The maximum atomic E-state index is 5.87. The molecule has 1 fully saturated rings. The Balaban J connectivity index is 1.74. The van der Waals surface area contributed by atoms with Gasteiger partial charge in [-0.1, -0.05) is 37.3 Å². The molecule has 2 rings (SSSR count). The van der Waals surface area contributed by atoms with E-state index < -0.39 is 0 Å². The molecule has 1 saturated carbocycles. The maximum Gasteiger partial charge on any atom is 0.0720 e. The molecule has 0 amide bonds. The molecule has 94 valence electrons. The van der Waals surface area contributed by atoms with Crippen LogP contribution < -0.4 is 11.1 Å². The van der Waals surface area contributed by atoms with Crippen LogP contribution in [0.15, 0.2) is 30.3 Å². The van der Waals surface area contributed by atoms with Crippen LogP contribution in [0.2, 0.25) is 0 Å². The fraction of sp³-hybridized carbons (Fsp3) is 0.571. The lowest BCUT2D eigenvalue weighted by Crippen LogP contribution is -2.62. The van der Waals surface area contributed by atoms with Crippen LogP contribution in [0.25, 0.3) is 0 Å². The van der Waals surface area contributed by atoms with Crippen molar-refractivity contribution in [2.75, 3.05) is 13.1 Å². The lowest BCUT2D eigenvalue weighted by Gasteiger charge is -2.47. The van der Waals surface area contributed by atoms with E-state index in [1.165, 1.54) is 5.56 Å². The third-order valence-corrected chi connectivity index (χ3v) is 3.51. The fourth-order valence-corrected chi connectivity index (χ4v) is 2.48. The monoisotopic (exact) mass is 234 g/mol. The minimum atomic E-state index is 0.135. The van der Waals surface area contributed by atoms with Crippen LogP contribution in [0, 0.1) is 0 Å². The molecule has 17 heavy (non-hydrogen) atoms. The van der Waals surface area contributed by atoms with E-state index in [2.05, 4.69) is 24.4 Å². The first-order chi connectivity index (χ1) is 8.28. The van der Waals surface area contributed by atoms with Gasteiger partial charge in [0.15, 0.2) is 0 Å². The number of hydrogen-bond acceptors (Lipinski definition) is 3. The van der Waals surface area contributed by atoms with Gasteiger partial charge in [0.25, 0.3) is 0 Å². The number of nitrogens with one attached hydrogen (secondary N) is 1. The van der Waals surface area contributed by atoms with Crippen molar-refractivity contribution in [1.29, 1.82) is 0 Å². The second-order valence-corrected chi connectivity index (χ2v) is 4.84. The highest BCUT2D eigenvalue weighted by Gasteiger charge is 2.43. The summed E-state index contributed by atoms with van der Waals surface area (Å²) in [7, 11) is 0. The zero-order chi connectivity index (χ0) is 12.1. The van der Waals surface area contributed by atoms with Gasteiger partial charge in [0, 0.05) is 12.1 Å². The van der Waals surface area contributed by atoms with Gasteiger partial charge in [-0.3, -0.25) is 0 Å². The van der Waals surface area contributed by atoms with Gasteiger partial charge >= 0.3 is 0 Å². The largest absolute Gasteiger partial charge is 0.373 e. The van der Waals surface area contributed by atoms with Crippen molar-refractivity contribution < 1.29 is 4.74 Å². The number of rotatable bonds is 6. The highest BCUT2D eigenvalue weighted by molar-refractivity contribution is 5.13. The first-order valence-corrected chi connectivity index (χ1v) is 6.38. The lowest BCUT2D eigenvalue weighted by atomic mass is 9.74. The van der Waals surface area contributed by atoms with Crippen LogP contribution in [0.1, 0.15) is 25.3 Å². The molecule has 0 aliphatic heterocycles. The average molecular weight is 234 g/mol. The van der Waals surface area contributed by atoms with Crippen LogP contribution in [0.4, 0.5) is 0 Å². The molecular weight excluding hydrogens is 212 g/mol. The second-order valence-electron chi connectivity index (χ2n) is 4.84. The van der Waals surface area contributed by atoms with Gasteiger partial charge in [-0.25, -0.2) is 0 Å². The van der Waals surface area contributed by atoms with Gasteiger partial charge in [0.2, 0.25) is 0 Å². The Labute approximate surface area is 103 Å². The van der Waals surface area contributed by atoms with Gasteiger partial charge in [0.1, 0.15) is 0 Å². The Hall–Kier alpha value is -0.900. The molecule has 0 heterocycles. The molecule has 0 spiro atoms. The summed E-state index contributed by atoms with van der Waals surface area (Å²) < 4.78 is 5.87. The second kappa shape index (κ2) is 5.63. The molecule has 3 nitrogen and oxygen atoms in total. The van der Waals surface area contributed by atoms with Crippen molar-refractivity contribution in [3.63, 3.8) is 0 Å². The highest BCUT2D eigenvalue weighted by Crippen LogP contribution is 2.34. The standard InChI is InChI=1S/C14H22N2O/c1-2-16-14(11-15)8-13(9-14)17-10-12-6-4-3-5-7-12/h3-7,13,16H,2,8-11,15H2,1H3. The van der Waals surface area contributed by atoms with Gasteiger partial charge in [0.05, 0.1) is 12.7 Å². The van der Waals surface area contributed by atoms with Crippen molar-refractivity contribution in [2.24, 2.45) is 5.73 Å². The molecule has 1 aliphatic carbocycles. The van der Waals surface area contributed by atoms with Crippen molar-refractivity contribution in [2.45, 2.75) is 38.0 Å². The lowest BCUT2D eigenvalue weighted by molar-refractivity contribution is -0.0605. The molecular formula is C14H22N2O. The van der Waals surface area contributed by atoms with Gasteiger partial charge < -0.3 is 15.8 Å². The van der Waals surface area contributed by atoms with E-state index in [0.717, 1.165) is 19.4 Å².